The first-order chi connectivity index (χ1) is 10.9. The lowest BCUT2D eigenvalue weighted by Gasteiger charge is -2.14. The quantitative estimate of drug-likeness (QED) is 0.559. The van der Waals surface area contributed by atoms with E-state index in [9.17, 15) is 4.79 Å². The Bertz CT molecular complexity index is 669. The Balaban J connectivity index is 2.07. The van der Waals surface area contributed by atoms with Gasteiger partial charge in [-0.1, -0.05) is 55.8 Å². The van der Waals surface area contributed by atoms with Crippen LogP contribution in [0.3, 0.4) is 0 Å². The van der Waals surface area contributed by atoms with E-state index in [4.69, 9.17) is 4.74 Å². The molecule has 0 saturated heterocycles. The van der Waals surface area contributed by atoms with Gasteiger partial charge < -0.3 is 4.74 Å². The van der Waals surface area contributed by atoms with E-state index < -0.39 is 0 Å². The molecule has 0 heterocycles. The fraction of sp³-hybridized carbons (Fsp3) is 0.381. The largest absolute Gasteiger partial charge is 0.426 e. The van der Waals surface area contributed by atoms with Crippen molar-refractivity contribution in [2.24, 2.45) is 5.92 Å². The highest BCUT2D eigenvalue weighted by molar-refractivity contribution is 5.80. The molecule has 0 fully saturated rings. The number of hydrogen-bond acceptors (Lipinski definition) is 2. The minimum Gasteiger partial charge on any atom is -0.426 e. The summed E-state index contributed by atoms with van der Waals surface area (Å²) < 4.78 is 5.57. The molecule has 1 atom stereocenters. The maximum Gasteiger partial charge on any atom is 0.318 e. The molecular formula is C21H26O2. The van der Waals surface area contributed by atoms with Crippen molar-refractivity contribution in [2.45, 2.75) is 47.0 Å². The van der Waals surface area contributed by atoms with Crippen molar-refractivity contribution < 1.29 is 9.53 Å². The molecule has 2 rings (SSSR count). The van der Waals surface area contributed by atoms with Gasteiger partial charge in [0.2, 0.25) is 0 Å². The fourth-order valence-electron chi connectivity index (χ4n) is 2.66. The summed E-state index contributed by atoms with van der Waals surface area (Å²) in [5.41, 5.74) is 4.44. The Labute approximate surface area is 139 Å². The maximum absolute atomic E-state index is 12.4. The Morgan fingerprint density at radius 3 is 2.22 bits per heavy atom. The average molecular weight is 310 g/mol. The molecule has 1 unspecified atom stereocenters. The minimum absolute atomic E-state index is 0.214. The van der Waals surface area contributed by atoms with Crippen LogP contribution < -0.4 is 4.74 Å². The molecule has 23 heavy (non-hydrogen) atoms. The van der Waals surface area contributed by atoms with E-state index in [1.807, 2.05) is 51.1 Å². The first-order valence-electron chi connectivity index (χ1n) is 8.24. The van der Waals surface area contributed by atoms with Gasteiger partial charge in [0.05, 0.1) is 5.92 Å². The highest BCUT2D eigenvalue weighted by Crippen LogP contribution is 2.23. The van der Waals surface area contributed by atoms with Gasteiger partial charge >= 0.3 is 5.97 Å². The predicted molar refractivity (Wildman–Crippen MR) is 95.0 cm³/mol. The van der Waals surface area contributed by atoms with E-state index in [0.29, 0.717) is 11.7 Å². The van der Waals surface area contributed by atoms with E-state index in [1.54, 1.807) is 0 Å². The van der Waals surface area contributed by atoms with Gasteiger partial charge in [0, 0.05) is 0 Å². The molecule has 0 radical (unpaired) electrons. The third kappa shape index (κ3) is 4.69. The lowest BCUT2D eigenvalue weighted by molar-refractivity contribution is -0.135. The van der Waals surface area contributed by atoms with Gasteiger partial charge in [-0.3, -0.25) is 4.79 Å². The molecule has 122 valence electrons. The summed E-state index contributed by atoms with van der Waals surface area (Å²) in [5, 5.41) is 0. The SMILES string of the molecule is Cc1ccc(OC(=O)C(C)c2ccc(CC(C)C)cc2)c(C)c1. The van der Waals surface area contributed by atoms with Crippen LogP contribution in [0.25, 0.3) is 0 Å². The second-order valence-corrected chi connectivity index (χ2v) is 6.75. The van der Waals surface area contributed by atoms with Gasteiger partial charge in [0.1, 0.15) is 5.75 Å². The standard InChI is InChI=1S/C21H26O2/c1-14(2)12-18-7-9-19(10-8-18)17(5)21(22)23-20-11-6-15(3)13-16(20)4/h6-11,13-14,17H,12H2,1-5H3. The van der Waals surface area contributed by atoms with Crippen LogP contribution in [0, 0.1) is 19.8 Å². The molecule has 0 saturated carbocycles. The number of ether oxygens (including phenoxy) is 1. The molecule has 0 N–H and O–H groups in total. The summed E-state index contributed by atoms with van der Waals surface area (Å²) in [4.78, 5) is 12.4. The summed E-state index contributed by atoms with van der Waals surface area (Å²) in [6.07, 6.45) is 1.06. The van der Waals surface area contributed by atoms with Crippen LogP contribution in [0.15, 0.2) is 42.5 Å². The van der Waals surface area contributed by atoms with Crippen LogP contribution in [-0.4, -0.2) is 5.97 Å². The summed E-state index contributed by atoms with van der Waals surface area (Å²) in [6, 6.07) is 14.1. The second kappa shape index (κ2) is 7.45. The molecule has 0 aliphatic rings. The van der Waals surface area contributed by atoms with Crippen LogP contribution in [0.4, 0.5) is 0 Å². The van der Waals surface area contributed by atoms with Gasteiger partial charge in [0.15, 0.2) is 0 Å². The summed E-state index contributed by atoms with van der Waals surface area (Å²) in [6.45, 7) is 10.3. The topological polar surface area (TPSA) is 26.3 Å². The first-order valence-corrected chi connectivity index (χ1v) is 8.24. The van der Waals surface area contributed by atoms with Crippen LogP contribution >= 0.6 is 0 Å². The van der Waals surface area contributed by atoms with Crippen molar-refractivity contribution in [3.63, 3.8) is 0 Å². The van der Waals surface area contributed by atoms with Crippen molar-refractivity contribution >= 4 is 5.97 Å². The molecular weight excluding hydrogens is 284 g/mol. The highest BCUT2D eigenvalue weighted by Gasteiger charge is 2.18. The Morgan fingerprint density at radius 1 is 1.00 bits per heavy atom. The smallest absolute Gasteiger partial charge is 0.318 e. The van der Waals surface area contributed by atoms with Crippen LogP contribution in [-0.2, 0) is 11.2 Å². The minimum atomic E-state index is -0.274. The number of hydrogen-bond donors (Lipinski definition) is 0. The van der Waals surface area contributed by atoms with Gasteiger partial charge in [0.25, 0.3) is 0 Å². The number of esters is 1. The first kappa shape index (κ1) is 17.3. The molecule has 0 amide bonds. The molecule has 0 aliphatic carbocycles. The summed E-state index contributed by atoms with van der Waals surface area (Å²) in [7, 11) is 0. The van der Waals surface area contributed by atoms with Gasteiger partial charge in [-0.2, -0.15) is 0 Å². The molecule has 2 nitrogen and oxygen atoms in total. The Kier molecular flexibility index (Phi) is 5.59. The molecule has 0 bridgehead atoms. The van der Waals surface area contributed by atoms with Gasteiger partial charge in [-0.05, 0) is 55.9 Å². The van der Waals surface area contributed by atoms with Crippen molar-refractivity contribution in [1.29, 1.82) is 0 Å². The maximum atomic E-state index is 12.4. The third-order valence-electron chi connectivity index (χ3n) is 4.02. The molecule has 0 spiro atoms. The molecule has 2 aromatic rings. The van der Waals surface area contributed by atoms with Crippen LogP contribution in [0.5, 0.6) is 5.75 Å². The number of carbonyl (C=O) groups excluding carboxylic acids is 1. The highest BCUT2D eigenvalue weighted by atomic mass is 16.5. The number of benzene rings is 2. The van der Waals surface area contributed by atoms with Crippen molar-refractivity contribution in [2.75, 3.05) is 0 Å². The Hall–Kier alpha value is -2.09. The monoisotopic (exact) mass is 310 g/mol. The van der Waals surface area contributed by atoms with E-state index in [-0.39, 0.29) is 11.9 Å². The van der Waals surface area contributed by atoms with Crippen molar-refractivity contribution in [3.8, 4) is 5.75 Å². The third-order valence-corrected chi connectivity index (χ3v) is 4.02. The number of aryl methyl sites for hydroxylation is 2. The van der Waals surface area contributed by atoms with Gasteiger partial charge in [-0.25, -0.2) is 0 Å². The van der Waals surface area contributed by atoms with Crippen LogP contribution in [0.2, 0.25) is 0 Å². The van der Waals surface area contributed by atoms with E-state index >= 15 is 0 Å². The van der Waals surface area contributed by atoms with E-state index in [1.165, 1.54) is 5.56 Å². The number of rotatable bonds is 5. The Morgan fingerprint density at radius 2 is 1.65 bits per heavy atom. The van der Waals surface area contributed by atoms with Gasteiger partial charge in [-0.15, -0.1) is 0 Å². The summed E-state index contributed by atoms with van der Waals surface area (Å²) >= 11 is 0. The van der Waals surface area contributed by atoms with Crippen LogP contribution in [0.1, 0.15) is 48.9 Å². The molecule has 0 aliphatic heterocycles. The zero-order valence-corrected chi connectivity index (χ0v) is 14.7. The second-order valence-electron chi connectivity index (χ2n) is 6.75. The van der Waals surface area contributed by atoms with Crippen molar-refractivity contribution in [3.05, 3.63) is 64.7 Å². The van der Waals surface area contributed by atoms with E-state index in [0.717, 1.165) is 23.1 Å². The van der Waals surface area contributed by atoms with E-state index in [2.05, 4.69) is 26.0 Å². The lowest BCUT2D eigenvalue weighted by atomic mass is 9.97. The molecule has 0 aromatic heterocycles. The average Bonchev–Trinajstić information content (AvgIpc) is 2.49. The molecule has 2 aromatic carbocycles. The lowest BCUT2D eigenvalue weighted by Crippen LogP contribution is -2.16. The molecule has 2 heteroatoms. The summed E-state index contributed by atoms with van der Waals surface area (Å²) in [5.74, 6) is 0.786. The van der Waals surface area contributed by atoms with Crippen molar-refractivity contribution in [1.82, 2.24) is 0 Å². The zero-order chi connectivity index (χ0) is 17.0. The number of carbonyl (C=O) groups is 1. The normalized spacial score (nSPS) is 12.3. The fourth-order valence-corrected chi connectivity index (χ4v) is 2.66. The zero-order valence-electron chi connectivity index (χ0n) is 14.7. The predicted octanol–water partition coefficient (Wildman–Crippen LogP) is 5.21.